The summed E-state index contributed by atoms with van der Waals surface area (Å²) in [5.74, 6) is 0.530. The summed E-state index contributed by atoms with van der Waals surface area (Å²) in [6.45, 7) is 4.76. The Kier molecular flexibility index (Phi) is 3.85. The Morgan fingerprint density at radius 2 is 2.00 bits per heavy atom. The van der Waals surface area contributed by atoms with Crippen LogP contribution < -0.4 is 16.2 Å². The predicted molar refractivity (Wildman–Crippen MR) is 77.0 cm³/mol. The molecule has 0 radical (unpaired) electrons. The number of aromatic amines is 1. The average molecular weight is 258 g/mol. The lowest BCUT2D eigenvalue weighted by atomic mass is 10.2. The molecule has 19 heavy (non-hydrogen) atoms. The van der Waals surface area contributed by atoms with Crippen LogP contribution in [0.5, 0.6) is 0 Å². The average Bonchev–Trinajstić information content (AvgIpc) is 2.40. The molecular formula is C14H18N4O. The van der Waals surface area contributed by atoms with Gasteiger partial charge in [0.05, 0.1) is 6.33 Å². The van der Waals surface area contributed by atoms with Gasteiger partial charge in [-0.3, -0.25) is 4.79 Å². The van der Waals surface area contributed by atoms with E-state index in [1.807, 2.05) is 49.1 Å². The van der Waals surface area contributed by atoms with Crippen molar-refractivity contribution in [1.82, 2.24) is 9.97 Å². The number of nitrogens with two attached hydrogens (primary N) is 1. The number of hydrogen-bond acceptors (Lipinski definition) is 4. The lowest BCUT2D eigenvalue weighted by Crippen LogP contribution is -2.33. The first kappa shape index (κ1) is 13.1. The van der Waals surface area contributed by atoms with Crippen LogP contribution in [0.2, 0.25) is 0 Å². The van der Waals surface area contributed by atoms with E-state index in [0.717, 1.165) is 5.56 Å². The van der Waals surface area contributed by atoms with E-state index in [1.165, 1.54) is 6.33 Å². The van der Waals surface area contributed by atoms with Crippen LogP contribution in [0.1, 0.15) is 19.4 Å². The number of aromatic nitrogens is 2. The van der Waals surface area contributed by atoms with Gasteiger partial charge in [0, 0.05) is 12.6 Å². The number of benzene rings is 1. The van der Waals surface area contributed by atoms with E-state index in [-0.39, 0.29) is 17.3 Å². The zero-order valence-electron chi connectivity index (χ0n) is 11.1. The molecule has 1 heterocycles. The molecule has 0 fully saturated rings. The van der Waals surface area contributed by atoms with Crippen molar-refractivity contribution < 1.29 is 0 Å². The molecule has 2 rings (SSSR count). The molecule has 0 atom stereocenters. The van der Waals surface area contributed by atoms with Gasteiger partial charge >= 0.3 is 0 Å². The van der Waals surface area contributed by atoms with Crippen LogP contribution in [-0.4, -0.2) is 16.0 Å². The van der Waals surface area contributed by atoms with Crippen molar-refractivity contribution in [3.8, 4) is 0 Å². The van der Waals surface area contributed by atoms with E-state index in [2.05, 4.69) is 9.97 Å². The maximum atomic E-state index is 11.6. The SMILES string of the molecule is CC(C)N(Cc1ccccc1)c1nc[nH]c(=O)c1N. The van der Waals surface area contributed by atoms with Crippen LogP contribution in [0.3, 0.4) is 0 Å². The minimum atomic E-state index is -0.302. The van der Waals surface area contributed by atoms with Gasteiger partial charge in [0.15, 0.2) is 5.82 Å². The van der Waals surface area contributed by atoms with E-state index in [4.69, 9.17) is 5.73 Å². The van der Waals surface area contributed by atoms with Gasteiger partial charge in [0.2, 0.25) is 0 Å². The molecule has 3 N–H and O–H groups in total. The third-order valence-electron chi connectivity index (χ3n) is 2.96. The molecule has 0 unspecified atom stereocenters. The molecule has 0 saturated carbocycles. The molecule has 100 valence electrons. The second kappa shape index (κ2) is 5.56. The Morgan fingerprint density at radius 3 is 2.63 bits per heavy atom. The van der Waals surface area contributed by atoms with Gasteiger partial charge in [0.25, 0.3) is 5.56 Å². The van der Waals surface area contributed by atoms with Gasteiger partial charge in [-0.25, -0.2) is 4.98 Å². The van der Waals surface area contributed by atoms with E-state index in [1.54, 1.807) is 0 Å². The summed E-state index contributed by atoms with van der Waals surface area (Å²) in [6.07, 6.45) is 1.38. The maximum absolute atomic E-state index is 11.6. The number of H-pyrrole nitrogens is 1. The Bertz CT molecular complexity index is 592. The lowest BCUT2D eigenvalue weighted by Gasteiger charge is -2.28. The second-order valence-corrected chi connectivity index (χ2v) is 4.68. The van der Waals surface area contributed by atoms with Crippen molar-refractivity contribution in [3.05, 3.63) is 52.6 Å². The highest BCUT2D eigenvalue weighted by molar-refractivity contribution is 5.61. The van der Waals surface area contributed by atoms with Crippen molar-refractivity contribution in [2.75, 3.05) is 10.6 Å². The first-order valence-corrected chi connectivity index (χ1v) is 6.23. The summed E-state index contributed by atoms with van der Waals surface area (Å²) in [4.78, 5) is 20.3. The number of rotatable bonds is 4. The van der Waals surface area contributed by atoms with Gasteiger partial charge in [-0.05, 0) is 19.4 Å². The van der Waals surface area contributed by atoms with Crippen molar-refractivity contribution in [2.24, 2.45) is 0 Å². The smallest absolute Gasteiger partial charge is 0.276 e. The van der Waals surface area contributed by atoms with Crippen LogP contribution in [-0.2, 0) is 6.54 Å². The van der Waals surface area contributed by atoms with Gasteiger partial charge in [-0.1, -0.05) is 30.3 Å². The maximum Gasteiger partial charge on any atom is 0.276 e. The molecule has 1 aromatic heterocycles. The standard InChI is InChI=1S/C14H18N4O/c1-10(2)18(8-11-6-4-3-5-7-11)13-12(15)14(19)17-9-16-13/h3-7,9-10H,8,15H2,1-2H3,(H,16,17,19). The van der Waals surface area contributed by atoms with Crippen molar-refractivity contribution >= 4 is 11.5 Å². The largest absolute Gasteiger partial charge is 0.391 e. The number of anilines is 2. The highest BCUT2D eigenvalue weighted by Crippen LogP contribution is 2.20. The Hall–Kier alpha value is -2.30. The molecule has 0 bridgehead atoms. The van der Waals surface area contributed by atoms with Crippen molar-refractivity contribution in [3.63, 3.8) is 0 Å². The van der Waals surface area contributed by atoms with Crippen molar-refractivity contribution in [1.29, 1.82) is 0 Å². The third kappa shape index (κ3) is 2.93. The lowest BCUT2D eigenvalue weighted by molar-refractivity contribution is 0.672. The molecule has 0 aliphatic heterocycles. The van der Waals surface area contributed by atoms with Gasteiger partial charge < -0.3 is 15.6 Å². The normalized spacial score (nSPS) is 10.7. The number of nitrogens with one attached hydrogen (secondary N) is 1. The summed E-state index contributed by atoms with van der Waals surface area (Å²) < 4.78 is 0. The molecule has 0 spiro atoms. The summed E-state index contributed by atoms with van der Waals surface area (Å²) in [6, 6.07) is 10.2. The van der Waals surface area contributed by atoms with Crippen LogP contribution in [0.25, 0.3) is 0 Å². The highest BCUT2D eigenvalue weighted by Gasteiger charge is 2.16. The fourth-order valence-corrected chi connectivity index (χ4v) is 1.91. The molecule has 0 saturated heterocycles. The zero-order chi connectivity index (χ0) is 13.8. The summed E-state index contributed by atoms with van der Waals surface area (Å²) >= 11 is 0. The topological polar surface area (TPSA) is 75.0 Å². The van der Waals surface area contributed by atoms with Gasteiger partial charge in [-0.2, -0.15) is 0 Å². The quantitative estimate of drug-likeness (QED) is 0.876. The van der Waals surface area contributed by atoms with Gasteiger partial charge in [-0.15, -0.1) is 0 Å². The summed E-state index contributed by atoms with van der Waals surface area (Å²) in [7, 11) is 0. The summed E-state index contributed by atoms with van der Waals surface area (Å²) in [5, 5.41) is 0. The fraction of sp³-hybridized carbons (Fsp3) is 0.286. The molecule has 5 heteroatoms. The minimum Gasteiger partial charge on any atom is -0.391 e. The molecule has 2 aromatic rings. The molecule has 5 nitrogen and oxygen atoms in total. The highest BCUT2D eigenvalue weighted by atomic mass is 16.1. The van der Waals surface area contributed by atoms with Crippen LogP contribution in [0.15, 0.2) is 41.5 Å². The predicted octanol–water partition coefficient (Wildman–Crippen LogP) is 1.77. The number of nitrogen functional groups attached to an aromatic ring is 1. The Morgan fingerprint density at radius 1 is 1.32 bits per heavy atom. The van der Waals surface area contributed by atoms with E-state index < -0.39 is 0 Å². The first-order chi connectivity index (χ1) is 9.09. The number of nitrogens with zero attached hydrogens (tertiary/aromatic N) is 2. The van der Waals surface area contributed by atoms with E-state index >= 15 is 0 Å². The first-order valence-electron chi connectivity index (χ1n) is 6.23. The molecular weight excluding hydrogens is 240 g/mol. The molecule has 0 amide bonds. The third-order valence-corrected chi connectivity index (χ3v) is 2.96. The van der Waals surface area contributed by atoms with Crippen LogP contribution >= 0.6 is 0 Å². The summed E-state index contributed by atoms with van der Waals surface area (Å²) in [5.41, 5.74) is 6.83. The van der Waals surface area contributed by atoms with Crippen molar-refractivity contribution in [2.45, 2.75) is 26.4 Å². The fourth-order valence-electron chi connectivity index (χ4n) is 1.91. The Balaban J connectivity index is 2.36. The Labute approximate surface area is 112 Å². The second-order valence-electron chi connectivity index (χ2n) is 4.68. The minimum absolute atomic E-state index is 0.159. The molecule has 0 aliphatic carbocycles. The van der Waals surface area contributed by atoms with Crippen LogP contribution in [0.4, 0.5) is 11.5 Å². The number of hydrogen-bond donors (Lipinski definition) is 2. The molecule has 0 aliphatic rings. The molecule has 1 aromatic carbocycles. The monoisotopic (exact) mass is 258 g/mol. The zero-order valence-corrected chi connectivity index (χ0v) is 11.1. The van der Waals surface area contributed by atoms with Gasteiger partial charge in [0.1, 0.15) is 5.69 Å². The van der Waals surface area contributed by atoms with E-state index in [0.29, 0.717) is 12.4 Å². The van der Waals surface area contributed by atoms with Crippen LogP contribution in [0, 0.1) is 0 Å². The van der Waals surface area contributed by atoms with E-state index in [9.17, 15) is 4.79 Å².